The number of esters is 1. The number of thiophene rings is 1. The fourth-order valence-electron chi connectivity index (χ4n) is 2.00. The van der Waals surface area contributed by atoms with Gasteiger partial charge in [0.1, 0.15) is 4.88 Å². The zero-order chi connectivity index (χ0) is 13.1. The predicted octanol–water partition coefficient (Wildman–Crippen LogP) is 1.27. The molecule has 1 aliphatic rings. The number of aliphatic hydroxyl groups is 1. The minimum Gasteiger partial charge on any atom is -0.462 e. The van der Waals surface area contributed by atoms with E-state index in [1.165, 1.54) is 11.3 Å². The molecule has 1 saturated heterocycles. The summed E-state index contributed by atoms with van der Waals surface area (Å²) < 4.78 is 4.96. The van der Waals surface area contributed by atoms with Crippen LogP contribution < -0.4 is 4.90 Å². The van der Waals surface area contributed by atoms with Gasteiger partial charge in [-0.15, -0.1) is 11.3 Å². The van der Waals surface area contributed by atoms with E-state index in [-0.39, 0.29) is 18.4 Å². The van der Waals surface area contributed by atoms with Crippen LogP contribution in [0.4, 0.5) is 5.69 Å². The van der Waals surface area contributed by atoms with Crippen LogP contribution in [-0.2, 0) is 9.53 Å². The second-order valence-electron chi connectivity index (χ2n) is 4.11. The van der Waals surface area contributed by atoms with Crippen LogP contribution in [0.3, 0.4) is 0 Å². The number of carbonyl (C=O) groups is 2. The van der Waals surface area contributed by atoms with Gasteiger partial charge in [-0.1, -0.05) is 0 Å². The van der Waals surface area contributed by atoms with Gasteiger partial charge in [0.15, 0.2) is 0 Å². The van der Waals surface area contributed by atoms with E-state index in [1.54, 1.807) is 23.3 Å². The number of hydrogen-bond acceptors (Lipinski definition) is 5. The van der Waals surface area contributed by atoms with E-state index in [9.17, 15) is 9.59 Å². The quantitative estimate of drug-likeness (QED) is 0.836. The Balaban J connectivity index is 2.21. The SMILES string of the molecule is CCOC(=O)c1sccc1N1CC(CO)CC1=O. The van der Waals surface area contributed by atoms with Crippen molar-refractivity contribution >= 4 is 28.9 Å². The minimum absolute atomic E-state index is 0.0128. The molecular formula is C12H15NO4S. The van der Waals surface area contributed by atoms with Crippen LogP contribution in [0.15, 0.2) is 11.4 Å². The van der Waals surface area contributed by atoms with E-state index in [0.29, 0.717) is 30.1 Å². The molecule has 1 aliphatic heterocycles. The first kappa shape index (κ1) is 13.0. The predicted molar refractivity (Wildman–Crippen MR) is 67.8 cm³/mol. The van der Waals surface area contributed by atoms with Crippen LogP contribution in [0.25, 0.3) is 0 Å². The Kier molecular flexibility index (Phi) is 3.98. The van der Waals surface area contributed by atoms with Gasteiger partial charge in [-0.3, -0.25) is 4.79 Å². The summed E-state index contributed by atoms with van der Waals surface area (Å²) in [5.41, 5.74) is 0.597. The van der Waals surface area contributed by atoms with Crippen LogP contribution in [0.5, 0.6) is 0 Å². The Hall–Kier alpha value is -1.40. The van der Waals surface area contributed by atoms with Crippen LogP contribution in [0.2, 0.25) is 0 Å². The van der Waals surface area contributed by atoms with Gasteiger partial charge in [-0.25, -0.2) is 4.79 Å². The lowest BCUT2D eigenvalue weighted by Crippen LogP contribution is -2.26. The molecule has 0 bridgehead atoms. The summed E-state index contributed by atoms with van der Waals surface area (Å²) in [7, 11) is 0. The van der Waals surface area contributed by atoms with E-state index in [2.05, 4.69) is 0 Å². The molecule has 0 radical (unpaired) electrons. The smallest absolute Gasteiger partial charge is 0.350 e. The molecule has 18 heavy (non-hydrogen) atoms. The monoisotopic (exact) mass is 269 g/mol. The van der Waals surface area contributed by atoms with E-state index in [4.69, 9.17) is 9.84 Å². The fourth-order valence-corrected chi connectivity index (χ4v) is 2.79. The first-order valence-corrected chi connectivity index (χ1v) is 6.71. The first-order chi connectivity index (χ1) is 8.67. The zero-order valence-electron chi connectivity index (χ0n) is 10.1. The average Bonchev–Trinajstić information content (AvgIpc) is 2.94. The Bertz CT molecular complexity index is 457. The molecule has 2 rings (SSSR count). The highest BCUT2D eigenvalue weighted by Crippen LogP contribution is 2.32. The number of aliphatic hydroxyl groups excluding tert-OH is 1. The standard InChI is InChI=1S/C12H15NO4S/c1-2-17-12(16)11-9(3-4-18-11)13-6-8(7-14)5-10(13)15/h3-4,8,14H,2,5-7H2,1H3. The summed E-state index contributed by atoms with van der Waals surface area (Å²) in [6.07, 6.45) is 0.328. The number of hydrogen-bond donors (Lipinski definition) is 1. The molecule has 1 fully saturated rings. The van der Waals surface area contributed by atoms with Crippen LogP contribution >= 0.6 is 11.3 Å². The molecule has 2 heterocycles. The van der Waals surface area contributed by atoms with Gasteiger partial charge in [0, 0.05) is 25.5 Å². The van der Waals surface area contributed by atoms with Crippen molar-refractivity contribution in [1.82, 2.24) is 0 Å². The molecule has 5 nitrogen and oxygen atoms in total. The molecule has 1 aromatic rings. The molecule has 1 atom stereocenters. The van der Waals surface area contributed by atoms with Gasteiger partial charge in [-0.2, -0.15) is 0 Å². The van der Waals surface area contributed by atoms with E-state index in [1.807, 2.05) is 0 Å². The molecule has 1 amide bonds. The second kappa shape index (κ2) is 5.49. The van der Waals surface area contributed by atoms with Crippen molar-refractivity contribution < 1.29 is 19.4 Å². The maximum Gasteiger partial charge on any atom is 0.350 e. The lowest BCUT2D eigenvalue weighted by molar-refractivity contribution is -0.117. The van der Waals surface area contributed by atoms with E-state index < -0.39 is 5.97 Å². The number of nitrogens with zero attached hydrogens (tertiary/aromatic N) is 1. The lowest BCUT2D eigenvalue weighted by atomic mass is 10.1. The molecule has 6 heteroatoms. The Morgan fingerprint density at radius 1 is 1.67 bits per heavy atom. The number of rotatable bonds is 4. The zero-order valence-corrected chi connectivity index (χ0v) is 10.9. The molecule has 1 unspecified atom stereocenters. The number of amides is 1. The largest absolute Gasteiger partial charge is 0.462 e. The summed E-state index contributed by atoms with van der Waals surface area (Å²) in [5.74, 6) is -0.506. The van der Waals surface area contributed by atoms with Gasteiger partial charge >= 0.3 is 5.97 Å². The highest BCUT2D eigenvalue weighted by atomic mass is 32.1. The average molecular weight is 269 g/mol. The van der Waals surface area contributed by atoms with Crippen molar-refractivity contribution in [2.24, 2.45) is 5.92 Å². The minimum atomic E-state index is -0.400. The van der Waals surface area contributed by atoms with E-state index in [0.717, 1.165) is 0 Å². The maximum atomic E-state index is 11.8. The van der Waals surface area contributed by atoms with Crippen molar-refractivity contribution in [3.8, 4) is 0 Å². The molecule has 0 spiro atoms. The molecular weight excluding hydrogens is 254 g/mol. The fraction of sp³-hybridized carbons (Fsp3) is 0.500. The normalized spacial score (nSPS) is 19.3. The maximum absolute atomic E-state index is 11.8. The highest BCUT2D eigenvalue weighted by Gasteiger charge is 2.33. The second-order valence-corrected chi connectivity index (χ2v) is 5.03. The van der Waals surface area contributed by atoms with Crippen molar-refractivity contribution in [2.75, 3.05) is 24.7 Å². The third-order valence-electron chi connectivity index (χ3n) is 2.86. The number of ether oxygens (including phenoxy) is 1. The van der Waals surface area contributed by atoms with Gasteiger partial charge < -0.3 is 14.7 Å². The molecule has 1 N–H and O–H groups in total. The van der Waals surface area contributed by atoms with Gasteiger partial charge in [0.05, 0.1) is 12.3 Å². The van der Waals surface area contributed by atoms with Gasteiger partial charge in [0.25, 0.3) is 0 Å². The molecule has 0 saturated carbocycles. The topological polar surface area (TPSA) is 66.8 Å². The number of carbonyl (C=O) groups excluding carboxylic acids is 2. The third kappa shape index (κ3) is 2.39. The Morgan fingerprint density at radius 2 is 2.44 bits per heavy atom. The Labute approximate surface area is 109 Å². The Morgan fingerprint density at radius 3 is 3.06 bits per heavy atom. The highest BCUT2D eigenvalue weighted by molar-refractivity contribution is 7.12. The summed E-state index contributed by atoms with van der Waals surface area (Å²) in [4.78, 5) is 25.6. The molecule has 1 aromatic heterocycles. The van der Waals surface area contributed by atoms with Gasteiger partial charge in [-0.05, 0) is 18.4 Å². The van der Waals surface area contributed by atoms with Crippen molar-refractivity contribution in [3.63, 3.8) is 0 Å². The van der Waals surface area contributed by atoms with Crippen LogP contribution in [0.1, 0.15) is 23.0 Å². The summed E-state index contributed by atoms with van der Waals surface area (Å²) in [5, 5.41) is 10.9. The first-order valence-electron chi connectivity index (χ1n) is 5.83. The van der Waals surface area contributed by atoms with Crippen molar-refractivity contribution in [3.05, 3.63) is 16.3 Å². The number of anilines is 1. The lowest BCUT2D eigenvalue weighted by Gasteiger charge is -2.16. The van der Waals surface area contributed by atoms with Crippen molar-refractivity contribution in [1.29, 1.82) is 0 Å². The summed E-state index contributed by atoms with van der Waals surface area (Å²) in [6, 6.07) is 1.74. The molecule has 98 valence electrons. The van der Waals surface area contributed by atoms with Gasteiger partial charge in [0.2, 0.25) is 5.91 Å². The van der Waals surface area contributed by atoms with Crippen LogP contribution in [-0.4, -0.2) is 36.7 Å². The van der Waals surface area contributed by atoms with E-state index >= 15 is 0 Å². The summed E-state index contributed by atoms with van der Waals surface area (Å²) in [6.45, 7) is 2.50. The molecule has 0 aliphatic carbocycles. The third-order valence-corrected chi connectivity index (χ3v) is 3.74. The summed E-state index contributed by atoms with van der Waals surface area (Å²) >= 11 is 1.26. The molecule has 0 aromatic carbocycles. The van der Waals surface area contributed by atoms with Crippen LogP contribution in [0, 0.1) is 5.92 Å². The van der Waals surface area contributed by atoms with Crippen molar-refractivity contribution in [2.45, 2.75) is 13.3 Å².